The van der Waals surface area contributed by atoms with Gasteiger partial charge in [0.1, 0.15) is 0 Å². The molecular formula is C14H18N2O4. The number of Topliss-reactive ketones (excluding diaryl/α,β-unsaturated/α-hetero) is 1. The zero-order chi connectivity index (χ0) is 14.7. The van der Waals surface area contributed by atoms with Gasteiger partial charge in [-0.2, -0.15) is 0 Å². The molecule has 0 aliphatic heterocycles. The average Bonchev–Trinajstić information content (AvgIpc) is 3.23. The van der Waals surface area contributed by atoms with Gasteiger partial charge in [-0.1, -0.05) is 0 Å². The largest absolute Gasteiger partial charge is 0.383 e. The van der Waals surface area contributed by atoms with Crippen molar-refractivity contribution in [3.63, 3.8) is 0 Å². The molecule has 0 N–H and O–H groups in total. The topological polar surface area (TPSA) is 72.7 Å². The van der Waals surface area contributed by atoms with Gasteiger partial charge in [-0.3, -0.25) is 14.9 Å². The number of nitro benzene ring substituents is 1. The standard InChI is InChI=1S/C14H18N2O4/c1-10(17)13-6-5-12(9-14(13)16(18)19)15(7-8-20-2)11-3-4-11/h5-6,9,11H,3-4,7-8H2,1-2H3. The molecule has 108 valence electrons. The van der Waals surface area contributed by atoms with Gasteiger partial charge in [-0.05, 0) is 31.9 Å². The van der Waals surface area contributed by atoms with Crippen molar-refractivity contribution >= 4 is 17.2 Å². The van der Waals surface area contributed by atoms with Crippen LogP contribution < -0.4 is 4.90 Å². The first-order valence-electron chi connectivity index (χ1n) is 6.59. The van der Waals surface area contributed by atoms with Crippen LogP contribution in [0.4, 0.5) is 11.4 Å². The molecule has 0 heterocycles. The minimum atomic E-state index is -0.498. The molecule has 0 bridgehead atoms. The number of anilines is 1. The lowest BCUT2D eigenvalue weighted by Gasteiger charge is -2.24. The van der Waals surface area contributed by atoms with E-state index in [9.17, 15) is 14.9 Å². The fraction of sp³-hybridized carbons (Fsp3) is 0.500. The van der Waals surface area contributed by atoms with Gasteiger partial charge in [0.05, 0.1) is 17.1 Å². The van der Waals surface area contributed by atoms with Crippen LogP contribution >= 0.6 is 0 Å². The van der Waals surface area contributed by atoms with E-state index < -0.39 is 4.92 Å². The highest BCUT2D eigenvalue weighted by Gasteiger charge is 2.30. The second kappa shape index (κ2) is 6.00. The molecule has 0 aromatic heterocycles. The summed E-state index contributed by atoms with van der Waals surface area (Å²) < 4.78 is 5.08. The van der Waals surface area contributed by atoms with E-state index in [0.29, 0.717) is 19.2 Å². The van der Waals surface area contributed by atoms with E-state index in [-0.39, 0.29) is 17.0 Å². The number of methoxy groups -OCH3 is 1. The second-order valence-electron chi connectivity index (χ2n) is 4.93. The monoisotopic (exact) mass is 278 g/mol. The molecule has 1 aliphatic rings. The highest BCUT2D eigenvalue weighted by atomic mass is 16.6. The summed E-state index contributed by atoms with van der Waals surface area (Å²) in [5.74, 6) is -0.293. The van der Waals surface area contributed by atoms with Crippen LogP contribution in [0, 0.1) is 10.1 Å². The average molecular weight is 278 g/mol. The lowest BCUT2D eigenvalue weighted by atomic mass is 10.1. The lowest BCUT2D eigenvalue weighted by molar-refractivity contribution is -0.385. The van der Waals surface area contributed by atoms with Crippen LogP contribution in [0.25, 0.3) is 0 Å². The summed E-state index contributed by atoms with van der Waals surface area (Å²) in [7, 11) is 1.63. The normalized spacial score (nSPS) is 14.1. The molecule has 0 spiro atoms. The first-order valence-corrected chi connectivity index (χ1v) is 6.59. The smallest absolute Gasteiger partial charge is 0.282 e. The number of ketones is 1. The Balaban J connectivity index is 2.33. The van der Waals surface area contributed by atoms with Gasteiger partial charge < -0.3 is 9.64 Å². The van der Waals surface area contributed by atoms with Crippen molar-refractivity contribution in [1.82, 2.24) is 0 Å². The molecule has 2 rings (SSSR count). The molecule has 0 saturated heterocycles. The zero-order valence-corrected chi connectivity index (χ0v) is 11.7. The Morgan fingerprint density at radius 3 is 2.70 bits per heavy atom. The summed E-state index contributed by atoms with van der Waals surface area (Å²) in [5, 5.41) is 11.1. The Morgan fingerprint density at radius 2 is 2.20 bits per heavy atom. The molecule has 6 heteroatoms. The minimum Gasteiger partial charge on any atom is -0.383 e. The number of hydrogen-bond acceptors (Lipinski definition) is 5. The van der Waals surface area contributed by atoms with Crippen LogP contribution in [0.15, 0.2) is 18.2 Å². The maximum atomic E-state index is 11.4. The Labute approximate surface area is 117 Å². The van der Waals surface area contributed by atoms with Crippen molar-refractivity contribution in [3.8, 4) is 0 Å². The lowest BCUT2D eigenvalue weighted by Crippen LogP contribution is -2.29. The van der Waals surface area contributed by atoms with Gasteiger partial charge in [-0.25, -0.2) is 0 Å². The van der Waals surface area contributed by atoms with Crippen LogP contribution in [-0.4, -0.2) is 37.0 Å². The maximum Gasteiger partial charge on any atom is 0.282 e. The van der Waals surface area contributed by atoms with E-state index in [1.54, 1.807) is 13.2 Å². The van der Waals surface area contributed by atoms with Crippen LogP contribution in [0.2, 0.25) is 0 Å². The Bertz CT molecular complexity index is 526. The van der Waals surface area contributed by atoms with Gasteiger partial charge in [0.2, 0.25) is 0 Å². The van der Waals surface area contributed by atoms with Crippen molar-refractivity contribution in [2.45, 2.75) is 25.8 Å². The number of rotatable bonds is 7. The van der Waals surface area contributed by atoms with Crippen molar-refractivity contribution in [3.05, 3.63) is 33.9 Å². The van der Waals surface area contributed by atoms with E-state index >= 15 is 0 Å². The van der Waals surface area contributed by atoms with Crippen LogP contribution in [0.3, 0.4) is 0 Å². The number of ether oxygens (including phenoxy) is 1. The number of hydrogen-bond donors (Lipinski definition) is 0. The Kier molecular flexibility index (Phi) is 4.34. The summed E-state index contributed by atoms with van der Waals surface area (Å²) in [6, 6.07) is 5.23. The summed E-state index contributed by atoms with van der Waals surface area (Å²) in [5.41, 5.74) is 0.806. The minimum absolute atomic E-state index is 0.127. The van der Waals surface area contributed by atoms with Crippen LogP contribution in [0.5, 0.6) is 0 Å². The number of nitro groups is 1. The Hall–Kier alpha value is -1.95. The SMILES string of the molecule is COCCN(c1ccc(C(C)=O)c([N+](=O)[O-])c1)C1CC1. The van der Waals surface area contributed by atoms with Crippen molar-refractivity contribution in [2.75, 3.05) is 25.2 Å². The van der Waals surface area contributed by atoms with Crippen LogP contribution in [0.1, 0.15) is 30.1 Å². The van der Waals surface area contributed by atoms with Crippen molar-refractivity contribution < 1.29 is 14.5 Å². The summed E-state index contributed by atoms with van der Waals surface area (Å²) in [6.45, 7) is 2.60. The van der Waals surface area contributed by atoms with E-state index in [2.05, 4.69) is 4.90 Å². The third-order valence-corrected chi connectivity index (χ3v) is 3.41. The Morgan fingerprint density at radius 1 is 1.50 bits per heavy atom. The molecule has 1 aromatic rings. The summed E-state index contributed by atoms with van der Waals surface area (Å²) >= 11 is 0. The number of carbonyl (C=O) groups is 1. The highest BCUT2D eigenvalue weighted by Crippen LogP contribution is 2.34. The van der Waals surface area contributed by atoms with E-state index in [0.717, 1.165) is 18.5 Å². The maximum absolute atomic E-state index is 11.4. The van der Waals surface area contributed by atoms with Gasteiger partial charge in [0, 0.05) is 31.5 Å². The fourth-order valence-corrected chi connectivity index (χ4v) is 2.25. The number of nitrogens with zero attached hydrogens (tertiary/aromatic N) is 2. The first-order chi connectivity index (χ1) is 9.54. The van der Waals surface area contributed by atoms with Crippen LogP contribution in [-0.2, 0) is 4.74 Å². The first kappa shape index (κ1) is 14.5. The number of benzene rings is 1. The molecule has 0 unspecified atom stereocenters. The predicted octanol–water partition coefficient (Wildman–Crippen LogP) is 2.41. The highest BCUT2D eigenvalue weighted by molar-refractivity contribution is 5.98. The van der Waals surface area contributed by atoms with Crippen molar-refractivity contribution in [2.24, 2.45) is 0 Å². The predicted molar refractivity (Wildman–Crippen MR) is 75.3 cm³/mol. The molecule has 20 heavy (non-hydrogen) atoms. The number of carbonyl (C=O) groups excluding carboxylic acids is 1. The molecule has 1 aliphatic carbocycles. The van der Waals surface area contributed by atoms with E-state index in [1.807, 2.05) is 0 Å². The van der Waals surface area contributed by atoms with Crippen molar-refractivity contribution in [1.29, 1.82) is 0 Å². The van der Waals surface area contributed by atoms with E-state index in [1.165, 1.54) is 19.1 Å². The third-order valence-electron chi connectivity index (χ3n) is 3.41. The summed E-state index contributed by atoms with van der Waals surface area (Å²) in [6.07, 6.45) is 2.18. The quantitative estimate of drug-likeness (QED) is 0.435. The van der Waals surface area contributed by atoms with Gasteiger partial charge in [0.15, 0.2) is 5.78 Å². The fourth-order valence-electron chi connectivity index (χ4n) is 2.25. The van der Waals surface area contributed by atoms with Gasteiger partial charge >= 0.3 is 0 Å². The van der Waals surface area contributed by atoms with Gasteiger partial charge in [0.25, 0.3) is 5.69 Å². The summed E-state index contributed by atoms with van der Waals surface area (Å²) in [4.78, 5) is 24.2. The zero-order valence-electron chi connectivity index (χ0n) is 11.7. The molecule has 1 saturated carbocycles. The van der Waals surface area contributed by atoms with E-state index in [4.69, 9.17) is 4.74 Å². The molecule has 1 fully saturated rings. The molecular weight excluding hydrogens is 260 g/mol. The molecule has 6 nitrogen and oxygen atoms in total. The second-order valence-corrected chi connectivity index (χ2v) is 4.93. The van der Waals surface area contributed by atoms with Gasteiger partial charge in [-0.15, -0.1) is 0 Å². The molecule has 0 amide bonds. The molecule has 0 atom stereocenters. The third kappa shape index (κ3) is 3.14. The molecule has 1 aromatic carbocycles. The molecule has 0 radical (unpaired) electrons.